The van der Waals surface area contributed by atoms with E-state index in [1.54, 1.807) is 0 Å². The average Bonchev–Trinajstić information content (AvgIpc) is 2.87. The molecule has 0 radical (unpaired) electrons. The molecule has 0 amide bonds. The molecule has 1 aliphatic rings. The highest BCUT2D eigenvalue weighted by Crippen LogP contribution is 2.27. The summed E-state index contributed by atoms with van der Waals surface area (Å²) in [6, 6.07) is 0. The Morgan fingerprint density at radius 2 is 1.68 bits per heavy atom. The molecule has 0 aromatic heterocycles. The number of unbranched alkanes of at least 4 members (excludes halogenated alkanes) is 3. The molecule has 0 saturated carbocycles. The van der Waals surface area contributed by atoms with Crippen LogP contribution in [0.4, 0.5) is 0 Å². The van der Waals surface area contributed by atoms with E-state index in [0.717, 1.165) is 31.6 Å². The number of aliphatic carboxylic acids is 1. The Kier molecular flexibility index (Phi) is 8.97. The van der Waals surface area contributed by atoms with Gasteiger partial charge in [-0.15, -0.1) is 0 Å². The lowest BCUT2D eigenvalue weighted by Crippen LogP contribution is -2.01. The predicted octanol–water partition coefficient (Wildman–Crippen LogP) is 3.90. The van der Waals surface area contributed by atoms with Gasteiger partial charge in [0.15, 0.2) is 0 Å². The first-order chi connectivity index (χ1) is 9.18. The largest absolute Gasteiger partial charge is 0.481 e. The summed E-state index contributed by atoms with van der Waals surface area (Å²) < 4.78 is 0. The molecule has 0 aromatic rings. The summed E-state index contributed by atoms with van der Waals surface area (Å²) in [6.07, 6.45) is 8.88. The first kappa shape index (κ1) is 16.5. The molecule has 1 saturated heterocycles. The minimum absolute atomic E-state index is 0.230. The Morgan fingerprint density at radius 1 is 1.00 bits per heavy atom. The summed E-state index contributed by atoms with van der Waals surface area (Å²) in [6.45, 7) is 0. The minimum atomic E-state index is -0.739. The molecule has 1 unspecified atom stereocenters. The van der Waals surface area contributed by atoms with Crippen LogP contribution in [0.15, 0.2) is 0 Å². The highest BCUT2D eigenvalue weighted by Gasteiger charge is 2.14. The Hall–Kier alpha value is -0.510. The molecule has 1 atom stereocenters. The van der Waals surface area contributed by atoms with Crippen molar-refractivity contribution >= 4 is 23.5 Å². The van der Waals surface area contributed by atoms with Gasteiger partial charge < -0.3 is 5.11 Å². The van der Waals surface area contributed by atoms with Gasteiger partial charge in [-0.05, 0) is 49.5 Å². The third-order valence-electron chi connectivity index (χ3n) is 3.69. The standard InChI is InChI=1S/C15H26O3S/c16-14(7-2-1-3-9-15(17)18)8-5-4-6-13-10-11-19-12-13/h13H,1-12H2,(H,17,18). The number of hydrogen-bond acceptors (Lipinski definition) is 3. The monoisotopic (exact) mass is 286 g/mol. The topological polar surface area (TPSA) is 54.4 Å². The fourth-order valence-electron chi connectivity index (χ4n) is 2.47. The molecule has 1 fully saturated rings. The Labute approximate surface area is 120 Å². The number of carbonyl (C=O) groups is 2. The zero-order valence-electron chi connectivity index (χ0n) is 11.7. The lowest BCUT2D eigenvalue weighted by atomic mass is 9.99. The van der Waals surface area contributed by atoms with Gasteiger partial charge in [0.05, 0.1) is 0 Å². The molecule has 1 heterocycles. The number of hydrogen-bond donors (Lipinski definition) is 1. The van der Waals surface area contributed by atoms with Crippen LogP contribution in [0.1, 0.15) is 64.2 Å². The van der Waals surface area contributed by atoms with Crippen molar-refractivity contribution in [3.63, 3.8) is 0 Å². The molecule has 110 valence electrons. The first-order valence-electron chi connectivity index (χ1n) is 7.49. The van der Waals surface area contributed by atoms with E-state index >= 15 is 0 Å². The van der Waals surface area contributed by atoms with E-state index in [1.165, 1.54) is 30.8 Å². The predicted molar refractivity (Wildman–Crippen MR) is 79.6 cm³/mol. The third-order valence-corrected chi connectivity index (χ3v) is 4.92. The lowest BCUT2D eigenvalue weighted by Gasteiger charge is -2.07. The van der Waals surface area contributed by atoms with Crippen LogP contribution < -0.4 is 0 Å². The Balaban J connectivity index is 1.86. The average molecular weight is 286 g/mol. The van der Waals surface area contributed by atoms with Crippen LogP contribution in [0.2, 0.25) is 0 Å². The molecule has 4 heteroatoms. The van der Waals surface area contributed by atoms with Crippen LogP contribution in [0.25, 0.3) is 0 Å². The van der Waals surface area contributed by atoms with Crippen LogP contribution in [0.3, 0.4) is 0 Å². The molecule has 19 heavy (non-hydrogen) atoms. The molecule has 0 aliphatic carbocycles. The molecule has 0 aromatic carbocycles. The van der Waals surface area contributed by atoms with E-state index in [-0.39, 0.29) is 6.42 Å². The van der Waals surface area contributed by atoms with Crippen molar-refractivity contribution < 1.29 is 14.7 Å². The third kappa shape index (κ3) is 9.09. The number of carbonyl (C=O) groups excluding carboxylic acids is 1. The SMILES string of the molecule is O=C(O)CCCCCC(=O)CCCCC1CCSC1. The van der Waals surface area contributed by atoms with Gasteiger partial charge in [0.1, 0.15) is 5.78 Å². The molecule has 1 aliphatic heterocycles. The van der Waals surface area contributed by atoms with Crippen LogP contribution in [0.5, 0.6) is 0 Å². The van der Waals surface area contributed by atoms with Gasteiger partial charge in [-0.25, -0.2) is 0 Å². The van der Waals surface area contributed by atoms with Gasteiger partial charge in [0.25, 0.3) is 0 Å². The van der Waals surface area contributed by atoms with Crippen molar-refractivity contribution in [2.24, 2.45) is 5.92 Å². The molecule has 1 N–H and O–H groups in total. The van der Waals surface area contributed by atoms with Crippen molar-refractivity contribution in [1.29, 1.82) is 0 Å². The van der Waals surface area contributed by atoms with Gasteiger partial charge in [0.2, 0.25) is 0 Å². The van der Waals surface area contributed by atoms with Crippen LogP contribution in [-0.2, 0) is 9.59 Å². The van der Waals surface area contributed by atoms with Crippen LogP contribution in [0, 0.1) is 5.92 Å². The quantitative estimate of drug-likeness (QED) is 0.585. The number of Topliss-reactive ketones (excluding diaryl/α,β-unsaturated/α-hetero) is 1. The van der Waals surface area contributed by atoms with Crippen LogP contribution >= 0.6 is 11.8 Å². The highest BCUT2D eigenvalue weighted by atomic mass is 32.2. The second-order valence-corrected chi connectivity index (χ2v) is 6.62. The fraction of sp³-hybridized carbons (Fsp3) is 0.867. The van der Waals surface area contributed by atoms with E-state index in [9.17, 15) is 9.59 Å². The van der Waals surface area contributed by atoms with Crippen molar-refractivity contribution in [2.75, 3.05) is 11.5 Å². The van der Waals surface area contributed by atoms with E-state index in [0.29, 0.717) is 18.6 Å². The van der Waals surface area contributed by atoms with E-state index in [1.807, 2.05) is 0 Å². The number of thioether (sulfide) groups is 1. The van der Waals surface area contributed by atoms with Crippen molar-refractivity contribution in [3.05, 3.63) is 0 Å². The Bertz CT molecular complexity index is 273. The fourth-order valence-corrected chi connectivity index (χ4v) is 3.80. The van der Waals surface area contributed by atoms with Crippen molar-refractivity contribution in [2.45, 2.75) is 64.2 Å². The zero-order valence-corrected chi connectivity index (χ0v) is 12.6. The van der Waals surface area contributed by atoms with Crippen LogP contribution in [-0.4, -0.2) is 28.4 Å². The molecular formula is C15H26O3S. The first-order valence-corrected chi connectivity index (χ1v) is 8.65. The molecule has 3 nitrogen and oxygen atoms in total. The number of carboxylic acid groups (broad SMARTS) is 1. The summed E-state index contributed by atoms with van der Waals surface area (Å²) >= 11 is 2.06. The van der Waals surface area contributed by atoms with E-state index in [4.69, 9.17) is 5.11 Å². The summed E-state index contributed by atoms with van der Waals surface area (Å²) in [7, 11) is 0. The smallest absolute Gasteiger partial charge is 0.303 e. The number of rotatable bonds is 11. The maximum atomic E-state index is 11.6. The molecule has 1 rings (SSSR count). The summed E-state index contributed by atoms with van der Waals surface area (Å²) in [5.74, 6) is 3.15. The minimum Gasteiger partial charge on any atom is -0.481 e. The van der Waals surface area contributed by atoms with Gasteiger partial charge in [-0.1, -0.05) is 12.8 Å². The summed E-state index contributed by atoms with van der Waals surface area (Å²) in [5.41, 5.74) is 0. The van der Waals surface area contributed by atoms with Crippen molar-refractivity contribution in [3.8, 4) is 0 Å². The molecule has 0 spiro atoms. The second-order valence-electron chi connectivity index (χ2n) is 5.47. The van der Waals surface area contributed by atoms with Gasteiger partial charge in [0, 0.05) is 19.3 Å². The summed E-state index contributed by atoms with van der Waals surface area (Å²) in [4.78, 5) is 21.9. The molecule has 0 bridgehead atoms. The van der Waals surface area contributed by atoms with Gasteiger partial charge in [-0.3, -0.25) is 9.59 Å². The normalized spacial score (nSPS) is 18.6. The number of ketones is 1. The van der Waals surface area contributed by atoms with Gasteiger partial charge >= 0.3 is 5.97 Å². The zero-order chi connectivity index (χ0) is 13.9. The molecular weight excluding hydrogens is 260 g/mol. The number of carboxylic acids is 1. The van der Waals surface area contributed by atoms with E-state index < -0.39 is 5.97 Å². The second kappa shape index (κ2) is 10.3. The van der Waals surface area contributed by atoms with E-state index in [2.05, 4.69) is 11.8 Å². The van der Waals surface area contributed by atoms with Crippen molar-refractivity contribution in [1.82, 2.24) is 0 Å². The van der Waals surface area contributed by atoms with Gasteiger partial charge in [-0.2, -0.15) is 11.8 Å². The highest BCUT2D eigenvalue weighted by molar-refractivity contribution is 7.99. The maximum absolute atomic E-state index is 11.6. The summed E-state index contributed by atoms with van der Waals surface area (Å²) in [5, 5.41) is 8.49. The maximum Gasteiger partial charge on any atom is 0.303 e. The lowest BCUT2D eigenvalue weighted by molar-refractivity contribution is -0.137. The Morgan fingerprint density at radius 3 is 2.32 bits per heavy atom.